The van der Waals surface area contributed by atoms with Crippen molar-refractivity contribution in [1.29, 1.82) is 0 Å². The van der Waals surface area contributed by atoms with Gasteiger partial charge < -0.3 is 9.84 Å². The third-order valence-corrected chi connectivity index (χ3v) is 6.34. The van der Waals surface area contributed by atoms with E-state index in [1.54, 1.807) is 38.1 Å². The highest BCUT2D eigenvalue weighted by Gasteiger charge is 2.32. The third kappa shape index (κ3) is 2.98. The number of fused-ring (bicyclic) bond motifs is 2. The van der Waals surface area contributed by atoms with Crippen LogP contribution in [0.3, 0.4) is 0 Å². The molecule has 1 N–H and O–H groups in total. The molecule has 0 unspecified atom stereocenters. The second-order valence-corrected chi connectivity index (χ2v) is 7.99. The van der Waals surface area contributed by atoms with E-state index in [0.717, 1.165) is 31.2 Å². The summed E-state index contributed by atoms with van der Waals surface area (Å²) in [6, 6.07) is 6.97. The summed E-state index contributed by atoms with van der Waals surface area (Å²) in [4.78, 5) is 31.2. The molecule has 0 amide bonds. The number of carbonyl (C=O) groups is 2. The average Bonchev–Trinajstić information content (AvgIpc) is 3.17. The fourth-order valence-corrected chi connectivity index (χ4v) is 5.15. The fourth-order valence-electron chi connectivity index (χ4n) is 3.85. The molecule has 0 radical (unpaired) electrons. The van der Waals surface area contributed by atoms with Gasteiger partial charge >= 0.3 is 5.97 Å². The first kappa shape index (κ1) is 18.6. The molecule has 1 aromatic heterocycles. The number of aliphatic imine (C=N–C) groups is 1. The molecule has 144 valence electrons. The van der Waals surface area contributed by atoms with E-state index in [-0.39, 0.29) is 23.1 Å². The van der Waals surface area contributed by atoms with Crippen LogP contribution in [0.15, 0.2) is 34.8 Å². The van der Waals surface area contributed by atoms with Gasteiger partial charge in [-0.3, -0.25) is 4.79 Å². The number of carbonyl (C=O) groups excluding carboxylic acids is 2. The lowest BCUT2D eigenvalue weighted by atomic mass is 9.95. The van der Waals surface area contributed by atoms with Crippen molar-refractivity contribution in [1.82, 2.24) is 0 Å². The maximum atomic E-state index is 12.8. The molecule has 0 fully saturated rings. The summed E-state index contributed by atoms with van der Waals surface area (Å²) in [5, 5.41) is 11.1. The Hall–Kier alpha value is -2.73. The zero-order chi connectivity index (χ0) is 19.8. The Balaban J connectivity index is 1.79. The summed E-state index contributed by atoms with van der Waals surface area (Å²) in [7, 11) is 0. The number of benzene rings is 1. The van der Waals surface area contributed by atoms with Gasteiger partial charge in [0.1, 0.15) is 10.8 Å². The monoisotopic (exact) mass is 395 g/mol. The SMILES string of the molecule is CCOC(=O)c1c(/N=C(\C)C2=C(O)c3ccccc3C2=O)sc2c1CCCC2. The van der Waals surface area contributed by atoms with Gasteiger partial charge in [0.15, 0.2) is 5.78 Å². The molecule has 0 bridgehead atoms. The number of hydrogen-bond donors (Lipinski definition) is 1. The van der Waals surface area contributed by atoms with E-state index in [9.17, 15) is 14.7 Å². The normalized spacial score (nSPS) is 16.2. The van der Waals surface area contributed by atoms with E-state index < -0.39 is 0 Å². The summed E-state index contributed by atoms with van der Waals surface area (Å²) in [5.41, 5.74) is 3.14. The Labute approximate surface area is 167 Å². The molecular formula is C22H21NO4S. The van der Waals surface area contributed by atoms with E-state index in [2.05, 4.69) is 4.99 Å². The predicted molar refractivity (Wildman–Crippen MR) is 110 cm³/mol. The van der Waals surface area contributed by atoms with Crippen LogP contribution in [0.5, 0.6) is 0 Å². The molecule has 5 nitrogen and oxygen atoms in total. The molecule has 28 heavy (non-hydrogen) atoms. The van der Waals surface area contributed by atoms with Gasteiger partial charge in [-0.1, -0.05) is 24.3 Å². The van der Waals surface area contributed by atoms with Gasteiger partial charge in [0.2, 0.25) is 0 Å². The average molecular weight is 395 g/mol. The van der Waals surface area contributed by atoms with Gasteiger partial charge in [0.25, 0.3) is 0 Å². The molecule has 2 aromatic rings. The van der Waals surface area contributed by atoms with Crippen molar-refractivity contribution in [3.05, 3.63) is 57.0 Å². The lowest BCUT2D eigenvalue weighted by Gasteiger charge is -2.12. The Kier molecular flexibility index (Phi) is 4.89. The zero-order valence-electron chi connectivity index (χ0n) is 15.9. The molecule has 1 aromatic carbocycles. The number of hydrogen-bond acceptors (Lipinski definition) is 6. The highest BCUT2D eigenvalue weighted by Crippen LogP contribution is 2.41. The Morgan fingerprint density at radius 3 is 2.64 bits per heavy atom. The molecule has 2 aliphatic carbocycles. The number of ether oxygens (including phenoxy) is 1. The highest BCUT2D eigenvalue weighted by molar-refractivity contribution is 7.16. The third-order valence-electron chi connectivity index (χ3n) is 5.15. The first-order valence-corrected chi connectivity index (χ1v) is 10.3. The molecule has 4 rings (SSSR count). The minimum absolute atomic E-state index is 0.0548. The van der Waals surface area contributed by atoms with Gasteiger partial charge in [0, 0.05) is 16.0 Å². The molecule has 0 spiro atoms. The molecule has 0 saturated carbocycles. The number of aliphatic hydroxyl groups excluding tert-OH is 1. The fraction of sp³-hybridized carbons (Fsp3) is 0.318. The van der Waals surface area contributed by atoms with Gasteiger partial charge in [-0.2, -0.15) is 0 Å². The second kappa shape index (κ2) is 7.36. The van der Waals surface area contributed by atoms with Crippen LogP contribution in [0.2, 0.25) is 0 Å². The topological polar surface area (TPSA) is 76.0 Å². The molecular weight excluding hydrogens is 374 g/mol. The van der Waals surface area contributed by atoms with Crippen LogP contribution < -0.4 is 0 Å². The summed E-state index contributed by atoms with van der Waals surface area (Å²) in [5.74, 6) is -0.665. The number of aliphatic hydroxyl groups is 1. The number of ketones is 1. The molecule has 6 heteroatoms. The van der Waals surface area contributed by atoms with E-state index in [0.29, 0.717) is 34.0 Å². The zero-order valence-corrected chi connectivity index (χ0v) is 16.7. The summed E-state index contributed by atoms with van der Waals surface area (Å²) >= 11 is 1.49. The van der Waals surface area contributed by atoms with Crippen LogP contribution in [-0.2, 0) is 17.6 Å². The van der Waals surface area contributed by atoms with Gasteiger partial charge in [-0.15, -0.1) is 11.3 Å². The number of esters is 1. The number of Topliss-reactive ketones (excluding diaryl/α,β-unsaturated/α-hetero) is 1. The standard InChI is InChI=1S/C22H21NO4S/c1-3-27-22(26)18-15-10-6-7-11-16(15)28-21(18)23-12(2)17-19(24)13-8-4-5-9-14(13)20(17)25/h4-5,8-9,24H,3,6-7,10-11H2,1-2H3/b23-12+. The van der Waals surface area contributed by atoms with Crippen molar-refractivity contribution in [3.63, 3.8) is 0 Å². The van der Waals surface area contributed by atoms with E-state index >= 15 is 0 Å². The van der Waals surface area contributed by atoms with Gasteiger partial charge in [-0.05, 0) is 45.1 Å². The van der Waals surface area contributed by atoms with Crippen LogP contribution in [-0.4, -0.2) is 29.2 Å². The summed E-state index contributed by atoms with van der Waals surface area (Å²) < 4.78 is 5.26. The second-order valence-electron chi connectivity index (χ2n) is 6.91. The molecule has 0 saturated heterocycles. The molecule has 0 atom stereocenters. The smallest absolute Gasteiger partial charge is 0.341 e. The van der Waals surface area contributed by atoms with Crippen molar-refractivity contribution in [2.45, 2.75) is 39.5 Å². The first-order chi connectivity index (χ1) is 13.5. The highest BCUT2D eigenvalue weighted by atomic mass is 32.1. The number of nitrogens with zero attached hydrogens (tertiary/aromatic N) is 1. The van der Waals surface area contributed by atoms with Crippen LogP contribution in [0.25, 0.3) is 5.76 Å². The number of allylic oxidation sites excluding steroid dienone is 1. The van der Waals surface area contributed by atoms with Crippen LogP contribution in [0.4, 0.5) is 5.00 Å². The summed E-state index contributed by atoms with van der Waals surface area (Å²) in [6.07, 6.45) is 3.90. The largest absolute Gasteiger partial charge is 0.506 e. The van der Waals surface area contributed by atoms with E-state index in [1.807, 2.05) is 0 Å². The molecule has 2 aliphatic rings. The van der Waals surface area contributed by atoms with Gasteiger partial charge in [0.05, 0.1) is 23.5 Å². The maximum absolute atomic E-state index is 12.8. The predicted octanol–water partition coefficient (Wildman–Crippen LogP) is 5.06. The van der Waals surface area contributed by atoms with E-state index in [1.165, 1.54) is 16.2 Å². The lowest BCUT2D eigenvalue weighted by Crippen LogP contribution is -2.10. The molecule has 0 aliphatic heterocycles. The van der Waals surface area contributed by atoms with Crippen molar-refractivity contribution in [2.75, 3.05) is 6.61 Å². The van der Waals surface area contributed by atoms with Crippen LogP contribution in [0, 0.1) is 0 Å². The van der Waals surface area contributed by atoms with Crippen molar-refractivity contribution in [2.24, 2.45) is 4.99 Å². The van der Waals surface area contributed by atoms with Crippen molar-refractivity contribution >= 4 is 39.6 Å². The van der Waals surface area contributed by atoms with Crippen LogP contribution in [0.1, 0.15) is 63.4 Å². The lowest BCUT2D eigenvalue weighted by molar-refractivity contribution is 0.0526. The quantitative estimate of drug-likeness (QED) is 0.580. The molecule has 1 heterocycles. The van der Waals surface area contributed by atoms with Crippen molar-refractivity contribution in [3.8, 4) is 0 Å². The Morgan fingerprint density at radius 2 is 1.93 bits per heavy atom. The number of aryl methyl sites for hydroxylation is 1. The maximum Gasteiger partial charge on any atom is 0.341 e. The Bertz CT molecular complexity index is 1040. The number of thiophene rings is 1. The van der Waals surface area contributed by atoms with Gasteiger partial charge in [-0.25, -0.2) is 9.79 Å². The van der Waals surface area contributed by atoms with E-state index in [4.69, 9.17) is 4.74 Å². The number of rotatable bonds is 4. The Morgan fingerprint density at radius 1 is 1.21 bits per heavy atom. The van der Waals surface area contributed by atoms with Crippen molar-refractivity contribution < 1.29 is 19.4 Å². The van der Waals surface area contributed by atoms with Crippen LogP contribution >= 0.6 is 11.3 Å². The first-order valence-electron chi connectivity index (χ1n) is 9.47. The summed E-state index contributed by atoms with van der Waals surface area (Å²) in [6.45, 7) is 3.77. The minimum atomic E-state index is -0.368. The minimum Gasteiger partial charge on any atom is -0.506 e.